The van der Waals surface area contributed by atoms with Crippen molar-refractivity contribution < 1.29 is 14.3 Å². The third kappa shape index (κ3) is 3.19. The average Bonchev–Trinajstić information content (AvgIpc) is 2.38. The lowest BCUT2D eigenvalue weighted by Gasteiger charge is -2.06. The summed E-state index contributed by atoms with van der Waals surface area (Å²) in [4.78, 5) is 19.2. The van der Waals surface area contributed by atoms with Gasteiger partial charge in [0.1, 0.15) is 5.75 Å². The molecule has 0 aliphatic rings. The van der Waals surface area contributed by atoms with E-state index in [1.165, 1.54) is 0 Å². The molecule has 1 aromatic carbocycles. The number of rotatable bonds is 3. The molecular formula is C13H13N3O3. The first-order chi connectivity index (χ1) is 9.08. The van der Waals surface area contributed by atoms with E-state index in [4.69, 9.17) is 15.2 Å². The predicted octanol–water partition coefficient (Wildman–Crippen LogP) is 1.92. The van der Waals surface area contributed by atoms with Crippen LogP contribution >= 0.6 is 0 Å². The minimum atomic E-state index is -0.846. The number of aromatic nitrogens is 2. The van der Waals surface area contributed by atoms with Gasteiger partial charge < -0.3 is 15.2 Å². The third-order valence-corrected chi connectivity index (χ3v) is 2.37. The van der Waals surface area contributed by atoms with Crippen molar-refractivity contribution in [3.05, 3.63) is 36.0 Å². The van der Waals surface area contributed by atoms with E-state index in [0.29, 0.717) is 17.5 Å². The summed E-state index contributed by atoms with van der Waals surface area (Å²) in [5.74, 6) is 1.42. The molecule has 6 nitrogen and oxygen atoms in total. The number of aryl methyl sites for hydroxylation is 1. The monoisotopic (exact) mass is 259 g/mol. The number of hydrogen-bond donors (Lipinski definition) is 1. The minimum Gasteiger partial charge on any atom is -0.481 e. The Kier molecular flexibility index (Phi) is 3.61. The van der Waals surface area contributed by atoms with Gasteiger partial charge in [-0.3, -0.25) is 0 Å². The van der Waals surface area contributed by atoms with E-state index in [1.54, 1.807) is 37.4 Å². The lowest BCUT2D eigenvalue weighted by molar-refractivity contribution is 0.211. The van der Waals surface area contributed by atoms with Gasteiger partial charge in [-0.15, -0.1) is 0 Å². The fraction of sp³-hybridized carbons (Fsp3) is 0.154. The Labute approximate surface area is 110 Å². The van der Waals surface area contributed by atoms with Crippen LogP contribution in [0.3, 0.4) is 0 Å². The highest BCUT2D eigenvalue weighted by Crippen LogP contribution is 2.21. The van der Waals surface area contributed by atoms with Crippen LogP contribution in [0, 0.1) is 6.92 Å². The number of nitrogens with zero attached hydrogens (tertiary/aromatic N) is 2. The smallest absolute Gasteiger partial charge is 0.409 e. The van der Waals surface area contributed by atoms with Crippen LogP contribution < -0.4 is 15.2 Å². The molecule has 0 saturated carbocycles. The number of amides is 1. The number of ether oxygens (including phenoxy) is 2. The molecule has 0 bridgehead atoms. The first kappa shape index (κ1) is 12.8. The van der Waals surface area contributed by atoms with Crippen molar-refractivity contribution >= 4 is 6.09 Å². The van der Waals surface area contributed by atoms with E-state index in [2.05, 4.69) is 9.97 Å². The van der Waals surface area contributed by atoms with Crippen LogP contribution in [0.2, 0.25) is 0 Å². The molecule has 19 heavy (non-hydrogen) atoms. The van der Waals surface area contributed by atoms with E-state index in [0.717, 1.165) is 11.3 Å². The summed E-state index contributed by atoms with van der Waals surface area (Å²) in [7, 11) is 1.55. The maximum Gasteiger partial charge on any atom is 0.409 e. The van der Waals surface area contributed by atoms with Crippen LogP contribution in [0.15, 0.2) is 30.3 Å². The summed E-state index contributed by atoms with van der Waals surface area (Å²) in [6.07, 6.45) is -0.846. The summed E-state index contributed by atoms with van der Waals surface area (Å²) in [5, 5.41) is 0. The Balaban J connectivity index is 2.31. The highest BCUT2D eigenvalue weighted by Gasteiger charge is 2.06. The van der Waals surface area contributed by atoms with E-state index in [-0.39, 0.29) is 0 Å². The lowest BCUT2D eigenvalue weighted by Crippen LogP contribution is -2.16. The van der Waals surface area contributed by atoms with E-state index in [9.17, 15) is 4.79 Å². The molecule has 6 heteroatoms. The zero-order valence-corrected chi connectivity index (χ0v) is 10.6. The van der Waals surface area contributed by atoms with Crippen LogP contribution in [0.1, 0.15) is 5.69 Å². The van der Waals surface area contributed by atoms with Crippen molar-refractivity contribution in [2.75, 3.05) is 7.11 Å². The highest BCUT2D eigenvalue weighted by molar-refractivity contribution is 5.68. The molecule has 0 spiro atoms. The molecule has 2 rings (SSSR count). The molecule has 2 N–H and O–H groups in total. The number of methoxy groups -OCH3 is 1. The average molecular weight is 259 g/mol. The first-order valence-electron chi connectivity index (χ1n) is 5.56. The minimum absolute atomic E-state index is 0.371. The number of hydrogen-bond acceptors (Lipinski definition) is 5. The molecule has 0 aliphatic heterocycles. The normalized spacial score (nSPS) is 10.0. The lowest BCUT2D eigenvalue weighted by atomic mass is 10.2. The van der Waals surface area contributed by atoms with Gasteiger partial charge in [-0.2, -0.15) is 4.98 Å². The summed E-state index contributed by atoms with van der Waals surface area (Å²) in [5.41, 5.74) is 6.52. The van der Waals surface area contributed by atoms with Gasteiger partial charge in [-0.05, 0) is 31.2 Å². The van der Waals surface area contributed by atoms with Crippen molar-refractivity contribution in [3.63, 3.8) is 0 Å². The Morgan fingerprint density at radius 1 is 1.21 bits per heavy atom. The highest BCUT2D eigenvalue weighted by atomic mass is 16.5. The number of primary amides is 1. The second-order valence-corrected chi connectivity index (χ2v) is 3.82. The Morgan fingerprint density at radius 2 is 1.89 bits per heavy atom. The molecule has 1 heterocycles. The van der Waals surface area contributed by atoms with Gasteiger partial charge in [0.15, 0.2) is 5.82 Å². The summed E-state index contributed by atoms with van der Waals surface area (Å²) >= 11 is 0. The maximum atomic E-state index is 10.6. The summed E-state index contributed by atoms with van der Waals surface area (Å²) in [6.45, 7) is 1.86. The van der Waals surface area contributed by atoms with Gasteiger partial charge >= 0.3 is 6.09 Å². The van der Waals surface area contributed by atoms with Gasteiger partial charge in [-0.25, -0.2) is 9.78 Å². The molecule has 0 unspecified atom stereocenters. The Hall–Kier alpha value is -2.63. The third-order valence-electron chi connectivity index (χ3n) is 2.37. The molecule has 2 aromatic rings. The fourth-order valence-corrected chi connectivity index (χ4v) is 1.56. The second kappa shape index (κ2) is 5.34. The van der Waals surface area contributed by atoms with E-state index < -0.39 is 6.09 Å². The Morgan fingerprint density at radius 3 is 2.47 bits per heavy atom. The van der Waals surface area contributed by atoms with Crippen molar-refractivity contribution in [3.8, 4) is 23.0 Å². The van der Waals surface area contributed by atoms with Gasteiger partial charge in [-0.1, -0.05) is 0 Å². The van der Waals surface area contributed by atoms with Crippen LogP contribution in [-0.2, 0) is 0 Å². The van der Waals surface area contributed by atoms with Gasteiger partial charge in [0.25, 0.3) is 0 Å². The second-order valence-electron chi connectivity index (χ2n) is 3.82. The fourth-order valence-electron chi connectivity index (χ4n) is 1.56. The summed E-state index contributed by atoms with van der Waals surface area (Å²) < 4.78 is 9.84. The van der Waals surface area contributed by atoms with Crippen LogP contribution in [-0.4, -0.2) is 23.2 Å². The molecule has 0 atom stereocenters. The molecule has 0 saturated heterocycles. The van der Waals surface area contributed by atoms with Crippen LogP contribution in [0.4, 0.5) is 4.79 Å². The van der Waals surface area contributed by atoms with Gasteiger partial charge in [0.05, 0.1) is 7.11 Å². The topological polar surface area (TPSA) is 87.3 Å². The molecule has 98 valence electrons. The molecule has 0 radical (unpaired) electrons. The zero-order valence-electron chi connectivity index (χ0n) is 10.6. The predicted molar refractivity (Wildman–Crippen MR) is 69.0 cm³/mol. The van der Waals surface area contributed by atoms with E-state index in [1.807, 2.05) is 6.92 Å². The molecule has 0 fully saturated rings. The zero-order chi connectivity index (χ0) is 13.8. The number of benzene rings is 1. The quantitative estimate of drug-likeness (QED) is 0.909. The first-order valence-corrected chi connectivity index (χ1v) is 5.56. The largest absolute Gasteiger partial charge is 0.481 e. The molecule has 0 aliphatic carbocycles. The number of carbonyl (C=O) groups is 1. The van der Waals surface area contributed by atoms with Gasteiger partial charge in [0, 0.05) is 17.3 Å². The Bertz CT molecular complexity index is 597. The van der Waals surface area contributed by atoms with Crippen molar-refractivity contribution in [2.45, 2.75) is 6.92 Å². The molecule has 1 aromatic heterocycles. The maximum absolute atomic E-state index is 10.6. The van der Waals surface area contributed by atoms with Crippen LogP contribution in [0.25, 0.3) is 11.4 Å². The number of nitrogens with two attached hydrogens (primary N) is 1. The standard InChI is InChI=1S/C13H13N3O3/c1-8-7-11(18-2)16-12(15-8)9-3-5-10(6-4-9)19-13(14)17/h3-7H,1-2H3,(H2,14,17). The van der Waals surface area contributed by atoms with Crippen molar-refractivity contribution in [1.29, 1.82) is 0 Å². The van der Waals surface area contributed by atoms with Crippen molar-refractivity contribution in [2.24, 2.45) is 5.73 Å². The van der Waals surface area contributed by atoms with Crippen molar-refractivity contribution in [1.82, 2.24) is 9.97 Å². The molecular weight excluding hydrogens is 246 g/mol. The SMILES string of the molecule is COc1cc(C)nc(-c2ccc(OC(N)=O)cc2)n1. The van der Waals surface area contributed by atoms with E-state index >= 15 is 0 Å². The van der Waals surface area contributed by atoms with Crippen LogP contribution in [0.5, 0.6) is 11.6 Å². The summed E-state index contributed by atoms with van der Waals surface area (Å²) in [6, 6.07) is 8.48. The van der Waals surface area contributed by atoms with Gasteiger partial charge in [0.2, 0.25) is 5.88 Å². The molecule has 1 amide bonds. The number of carbonyl (C=O) groups excluding carboxylic acids is 1.